The van der Waals surface area contributed by atoms with Gasteiger partial charge in [0.1, 0.15) is 0 Å². The van der Waals surface area contributed by atoms with Gasteiger partial charge >= 0.3 is 5.97 Å². The van der Waals surface area contributed by atoms with Gasteiger partial charge in [0.2, 0.25) is 0 Å². The topological polar surface area (TPSA) is 57.5 Å². The lowest BCUT2D eigenvalue weighted by atomic mass is 9.69. The van der Waals surface area contributed by atoms with Gasteiger partial charge in [0, 0.05) is 0 Å². The van der Waals surface area contributed by atoms with E-state index in [1.807, 2.05) is 0 Å². The fourth-order valence-corrected chi connectivity index (χ4v) is 2.68. The molecule has 82 valence electrons. The summed E-state index contributed by atoms with van der Waals surface area (Å²) < 4.78 is 0. The molecule has 0 heterocycles. The fraction of sp³-hybridized carbons (Fsp3) is 0.909. The molecule has 0 aromatic rings. The Hall–Kier alpha value is -0.570. The summed E-state index contributed by atoms with van der Waals surface area (Å²) in [7, 11) is 0. The van der Waals surface area contributed by atoms with Crippen molar-refractivity contribution in [3.05, 3.63) is 0 Å². The number of hydrogen-bond acceptors (Lipinski definition) is 2. The Kier molecular flexibility index (Phi) is 3.53. The van der Waals surface area contributed by atoms with Crippen LogP contribution < -0.4 is 0 Å². The van der Waals surface area contributed by atoms with E-state index in [-0.39, 0.29) is 12.3 Å². The van der Waals surface area contributed by atoms with Crippen LogP contribution in [0.15, 0.2) is 0 Å². The number of carboxylic acid groups (broad SMARTS) is 1. The average Bonchev–Trinajstić information content (AvgIpc) is 2.01. The normalized spacial score (nSPS) is 33.3. The number of carbonyl (C=O) groups is 1. The van der Waals surface area contributed by atoms with Crippen LogP contribution in [-0.4, -0.2) is 21.8 Å². The van der Waals surface area contributed by atoms with Gasteiger partial charge in [-0.25, -0.2) is 0 Å². The molecule has 3 heteroatoms. The molecule has 0 aliphatic heterocycles. The van der Waals surface area contributed by atoms with Gasteiger partial charge in [0.05, 0.1) is 12.0 Å². The lowest BCUT2D eigenvalue weighted by Crippen LogP contribution is -2.44. The van der Waals surface area contributed by atoms with Crippen LogP contribution in [0.4, 0.5) is 0 Å². The zero-order valence-electron chi connectivity index (χ0n) is 8.99. The first-order valence-corrected chi connectivity index (χ1v) is 5.40. The second-order valence-electron chi connectivity index (χ2n) is 4.77. The molecule has 0 spiro atoms. The van der Waals surface area contributed by atoms with Gasteiger partial charge in [-0.2, -0.15) is 0 Å². The summed E-state index contributed by atoms with van der Waals surface area (Å²) in [5.41, 5.74) is -0.960. The number of hydrogen-bond donors (Lipinski definition) is 2. The molecule has 0 aromatic carbocycles. The lowest BCUT2D eigenvalue weighted by molar-refractivity contribution is -0.149. The molecular weight excluding hydrogens is 180 g/mol. The predicted molar refractivity (Wildman–Crippen MR) is 54.0 cm³/mol. The van der Waals surface area contributed by atoms with Gasteiger partial charge in [-0.15, -0.1) is 0 Å². The van der Waals surface area contributed by atoms with E-state index < -0.39 is 11.6 Å². The first-order chi connectivity index (χ1) is 6.46. The van der Waals surface area contributed by atoms with Gasteiger partial charge in [0.25, 0.3) is 0 Å². The Bertz CT molecular complexity index is 213. The van der Waals surface area contributed by atoms with Crippen molar-refractivity contribution in [3.63, 3.8) is 0 Å². The molecule has 1 saturated carbocycles. The summed E-state index contributed by atoms with van der Waals surface area (Å²) in [6.45, 7) is 4.12. The lowest BCUT2D eigenvalue weighted by Gasteiger charge is -2.41. The maximum Gasteiger partial charge on any atom is 0.306 e. The Balaban J connectivity index is 2.73. The number of carboxylic acids is 1. The Labute approximate surface area is 85.1 Å². The molecular formula is C11H20O3. The molecule has 1 rings (SSSR count). The van der Waals surface area contributed by atoms with Crippen LogP contribution in [0.3, 0.4) is 0 Å². The molecule has 3 nitrogen and oxygen atoms in total. The molecule has 2 N–H and O–H groups in total. The molecule has 0 aromatic heterocycles. The SMILES string of the molecule is CC(C)C1CCCCC1(O)CC(=O)O. The van der Waals surface area contributed by atoms with Crippen LogP contribution in [0.1, 0.15) is 46.0 Å². The standard InChI is InChI=1S/C11H20O3/c1-8(2)9-5-3-4-6-11(9,14)7-10(12)13/h8-9,14H,3-7H2,1-2H3,(H,12,13). The van der Waals surface area contributed by atoms with Gasteiger partial charge in [-0.1, -0.05) is 26.7 Å². The molecule has 0 bridgehead atoms. The zero-order chi connectivity index (χ0) is 10.8. The summed E-state index contributed by atoms with van der Waals surface area (Å²) in [6.07, 6.45) is 3.57. The summed E-state index contributed by atoms with van der Waals surface area (Å²) in [5, 5.41) is 19.1. The highest BCUT2D eigenvalue weighted by atomic mass is 16.4. The van der Waals surface area contributed by atoms with Crippen LogP contribution in [0.25, 0.3) is 0 Å². The number of aliphatic hydroxyl groups is 1. The Morgan fingerprint density at radius 3 is 2.64 bits per heavy atom. The second-order valence-corrected chi connectivity index (χ2v) is 4.77. The molecule has 0 saturated heterocycles. The molecule has 0 amide bonds. The Morgan fingerprint density at radius 2 is 2.14 bits per heavy atom. The van der Waals surface area contributed by atoms with Gasteiger partial charge in [-0.3, -0.25) is 4.79 Å². The van der Waals surface area contributed by atoms with Crippen LogP contribution in [0.2, 0.25) is 0 Å². The minimum atomic E-state index is -0.960. The van der Waals surface area contributed by atoms with E-state index in [1.165, 1.54) is 0 Å². The van der Waals surface area contributed by atoms with E-state index in [2.05, 4.69) is 13.8 Å². The van der Waals surface area contributed by atoms with E-state index in [0.29, 0.717) is 12.3 Å². The molecule has 2 atom stereocenters. The van der Waals surface area contributed by atoms with Crippen LogP contribution in [-0.2, 0) is 4.79 Å². The smallest absolute Gasteiger partial charge is 0.306 e. The van der Waals surface area contributed by atoms with Crippen LogP contribution >= 0.6 is 0 Å². The average molecular weight is 200 g/mol. The second kappa shape index (κ2) is 4.30. The minimum absolute atomic E-state index is 0.101. The van der Waals surface area contributed by atoms with E-state index >= 15 is 0 Å². The van der Waals surface area contributed by atoms with Crippen molar-refractivity contribution in [2.24, 2.45) is 11.8 Å². The summed E-state index contributed by atoms with van der Waals surface area (Å²) >= 11 is 0. The Morgan fingerprint density at radius 1 is 1.50 bits per heavy atom. The molecule has 2 unspecified atom stereocenters. The fourth-order valence-electron chi connectivity index (χ4n) is 2.68. The van der Waals surface area contributed by atoms with E-state index in [9.17, 15) is 9.90 Å². The van der Waals surface area contributed by atoms with Crippen molar-refractivity contribution >= 4 is 5.97 Å². The van der Waals surface area contributed by atoms with E-state index in [1.54, 1.807) is 0 Å². The van der Waals surface area contributed by atoms with Crippen LogP contribution in [0, 0.1) is 11.8 Å². The summed E-state index contributed by atoms with van der Waals surface area (Å²) in [5.74, 6) is -0.382. The van der Waals surface area contributed by atoms with E-state index in [4.69, 9.17) is 5.11 Å². The highest BCUT2D eigenvalue weighted by Gasteiger charge is 2.41. The molecule has 1 aliphatic rings. The molecule has 1 aliphatic carbocycles. The van der Waals surface area contributed by atoms with Gasteiger partial charge in [0.15, 0.2) is 0 Å². The van der Waals surface area contributed by atoms with E-state index in [0.717, 1.165) is 19.3 Å². The van der Waals surface area contributed by atoms with Crippen molar-refractivity contribution < 1.29 is 15.0 Å². The van der Waals surface area contributed by atoms with Crippen molar-refractivity contribution in [3.8, 4) is 0 Å². The highest BCUT2D eigenvalue weighted by Crippen LogP contribution is 2.40. The largest absolute Gasteiger partial charge is 0.481 e. The monoisotopic (exact) mass is 200 g/mol. The third-order valence-electron chi connectivity index (χ3n) is 3.33. The predicted octanol–water partition coefficient (Wildman–Crippen LogP) is 2.04. The zero-order valence-corrected chi connectivity index (χ0v) is 8.99. The minimum Gasteiger partial charge on any atom is -0.481 e. The summed E-state index contributed by atoms with van der Waals surface area (Å²) in [4.78, 5) is 10.7. The first kappa shape index (κ1) is 11.5. The molecule has 0 radical (unpaired) electrons. The molecule has 1 fully saturated rings. The number of rotatable bonds is 3. The molecule has 14 heavy (non-hydrogen) atoms. The number of aliphatic carboxylic acids is 1. The maximum atomic E-state index is 10.7. The van der Waals surface area contributed by atoms with Crippen molar-refractivity contribution in [1.82, 2.24) is 0 Å². The van der Waals surface area contributed by atoms with Gasteiger partial charge < -0.3 is 10.2 Å². The van der Waals surface area contributed by atoms with Gasteiger partial charge in [-0.05, 0) is 24.7 Å². The van der Waals surface area contributed by atoms with Crippen molar-refractivity contribution in [2.45, 2.75) is 51.6 Å². The highest BCUT2D eigenvalue weighted by molar-refractivity contribution is 5.68. The summed E-state index contributed by atoms with van der Waals surface area (Å²) in [6, 6.07) is 0. The third-order valence-corrected chi connectivity index (χ3v) is 3.33. The quantitative estimate of drug-likeness (QED) is 0.733. The first-order valence-electron chi connectivity index (χ1n) is 5.40. The van der Waals surface area contributed by atoms with Crippen molar-refractivity contribution in [1.29, 1.82) is 0 Å². The maximum absolute atomic E-state index is 10.7. The van der Waals surface area contributed by atoms with Crippen LogP contribution in [0.5, 0.6) is 0 Å². The van der Waals surface area contributed by atoms with Crippen molar-refractivity contribution in [2.75, 3.05) is 0 Å². The third kappa shape index (κ3) is 2.47.